The van der Waals surface area contributed by atoms with Gasteiger partial charge in [0.1, 0.15) is 11.1 Å². The molecule has 1 heterocycles. The van der Waals surface area contributed by atoms with Crippen molar-refractivity contribution in [3.05, 3.63) is 75.6 Å². The van der Waals surface area contributed by atoms with Crippen LogP contribution in [0.4, 0.5) is 5.69 Å². The van der Waals surface area contributed by atoms with Crippen molar-refractivity contribution < 1.29 is 14.3 Å². The maximum absolute atomic E-state index is 11.9. The monoisotopic (exact) mass is 337 g/mol. The largest absolute Gasteiger partial charge is 0.477 e. The van der Waals surface area contributed by atoms with E-state index in [9.17, 15) is 9.59 Å². The van der Waals surface area contributed by atoms with E-state index in [2.05, 4.69) is 17.0 Å². The lowest BCUT2D eigenvalue weighted by Crippen LogP contribution is -2.17. The Labute approximate surface area is 145 Å². The average Bonchev–Trinajstić information content (AvgIpc) is 2.60. The standard InChI is InChI=1S/C20H19NO4/c1-3-14-9-15(21(2)12-13-7-5-4-6-8-13)10-18-16(14)11-17(19(22)23)20(24)25-18/h4-11H,3,12H2,1-2H3,(H,22,23). The van der Waals surface area contributed by atoms with Gasteiger partial charge in [-0.25, -0.2) is 9.59 Å². The number of hydrogen-bond donors (Lipinski definition) is 1. The molecule has 5 nitrogen and oxygen atoms in total. The molecular formula is C20H19NO4. The molecule has 0 atom stereocenters. The summed E-state index contributed by atoms with van der Waals surface area (Å²) in [6.45, 7) is 2.70. The molecule has 0 aliphatic heterocycles. The van der Waals surface area contributed by atoms with Gasteiger partial charge >= 0.3 is 11.6 Å². The molecule has 0 spiro atoms. The minimum Gasteiger partial charge on any atom is -0.477 e. The highest BCUT2D eigenvalue weighted by atomic mass is 16.4. The minimum absolute atomic E-state index is 0.340. The van der Waals surface area contributed by atoms with Crippen LogP contribution in [0.1, 0.15) is 28.4 Å². The molecule has 0 unspecified atom stereocenters. The van der Waals surface area contributed by atoms with Crippen LogP contribution in [0.25, 0.3) is 11.0 Å². The van der Waals surface area contributed by atoms with Crippen molar-refractivity contribution in [3.63, 3.8) is 0 Å². The number of fused-ring (bicyclic) bond motifs is 1. The Balaban J connectivity index is 2.07. The van der Waals surface area contributed by atoms with Gasteiger partial charge in [-0.3, -0.25) is 0 Å². The summed E-state index contributed by atoms with van der Waals surface area (Å²) in [5.74, 6) is -1.28. The zero-order chi connectivity index (χ0) is 18.0. The highest BCUT2D eigenvalue weighted by molar-refractivity contribution is 5.93. The molecule has 0 saturated carbocycles. The van der Waals surface area contributed by atoms with Crippen molar-refractivity contribution in [1.29, 1.82) is 0 Å². The normalized spacial score (nSPS) is 10.8. The van der Waals surface area contributed by atoms with Crippen LogP contribution in [0.15, 0.2) is 57.7 Å². The van der Waals surface area contributed by atoms with E-state index in [1.165, 1.54) is 11.6 Å². The van der Waals surface area contributed by atoms with E-state index < -0.39 is 11.6 Å². The molecule has 3 rings (SSSR count). The van der Waals surface area contributed by atoms with Crippen LogP contribution in [-0.4, -0.2) is 18.1 Å². The Morgan fingerprint density at radius 2 is 1.88 bits per heavy atom. The number of carboxylic acids is 1. The number of aromatic carboxylic acids is 1. The Bertz CT molecular complexity index is 976. The van der Waals surface area contributed by atoms with Crippen LogP contribution in [0, 0.1) is 0 Å². The lowest BCUT2D eigenvalue weighted by atomic mass is 10.0. The maximum atomic E-state index is 11.9. The molecule has 0 aliphatic carbocycles. The van der Waals surface area contributed by atoms with Crippen molar-refractivity contribution in [1.82, 2.24) is 0 Å². The number of hydrogen-bond acceptors (Lipinski definition) is 4. The second kappa shape index (κ2) is 6.81. The topological polar surface area (TPSA) is 70.8 Å². The summed E-state index contributed by atoms with van der Waals surface area (Å²) in [7, 11) is 1.97. The molecule has 0 saturated heterocycles. The third kappa shape index (κ3) is 3.40. The van der Waals surface area contributed by atoms with E-state index in [-0.39, 0.29) is 5.56 Å². The van der Waals surface area contributed by atoms with E-state index in [1.807, 2.05) is 38.2 Å². The van der Waals surface area contributed by atoms with E-state index in [1.54, 1.807) is 6.07 Å². The van der Waals surface area contributed by atoms with E-state index >= 15 is 0 Å². The molecule has 1 aromatic heterocycles. The van der Waals surface area contributed by atoms with Gasteiger partial charge in [0.25, 0.3) is 0 Å². The highest BCUT2D eigenvalue weighted by Crippen LogP contribution is 2.27. The number of carboxylic acid groups (broad SMARTS) is 1. The first-order valence-corrected chi connectivity index (χ1v) is 8.08. The molecular weight excluding hydrogens is 318 g/mol. The lowest BCUT2D eigenvalue weighted by molar-refractivity contribution is 0.0692. The number of nitrogens with zero attached hydrogens (tertiary/aromatic N) is 1. The molecule has 1 N–H and O–H groups in total. The molecule has 128 valence electrons. The highest BCUT2D eigenvalue weighted by Gasteiger charge is 2.15. The van der Waals surface area contributed by atoms with Gasteiger partial charge in [0.2, 0.25) is 0 Å². The van der Waals surface area contributed by atoms with Crippen LogP contribution < -0.4 is 10.5 Å². The first-order valence-electron chi connectivity index (χ1n) is 8.08. The average molecular weight is 337 g/mol. The molecule has 0 radical (unpaired) electrons. The third-order valence-corrected chi connectivity index (χ3v) is 4.24. The summed E-state index contributed by atoms with van der Waals surface area (Å²) in [4.78, 5) is 25.1. The van der Waals surface area contributed by atoms with Gasteiger partial charge in [-0.1, -0.05) is 37.3 Å². The number of anilines is 1. The zero-order valence-electron chi connectivity index (χ0n) is 14.2. The summed E-state index contributed by atoms with van der Waals surface area (Å²) in [6.07, 6.45) is 0.705. The second-order valence-electron chi connectivity index (χ2n) is 5.96. The fourth-order valence-electron chi connectivity index (χ4n) is 2.89. The SMILES string of the molecule is CCc1cc(N(C)Cc2ccccc2)cc2oc(=O)c(C(=O)O)cc12. The summed E-state index contributed by atoms with van der Waals surface area (Å²) in [5.41, 5.74) is 2.27. The Morgan fingerprint density at radius 3 is 2.52 bits per heavy atom. The second-order valence-corrected chi connectivity index (χ2v) is 5.96. The Hall–Kier alpha value is -3.08. The fourth-order valence-corrected chi connectivity index (χ4v) is 2.89. The van der Waals surface area contributed by atoms with Crippen molar-refractivity contribution in [2.45, 2.75) is 19.9 Å². The quantitative estimate of drug-likeness (QED) is 0.719. The first kappa shape index (κ1) is 16.8. The first-order chi connectivity index (χ1) is 12.0. The molecule has 0 bridgehead atoms. The van der Waals surface area contributed by atoms with Gasteiger partial charge < -0.3 is 14.4 Å². The van der Waals surface area contributed by atoms with Gasteiger partial charge in [-0.05, 0) is 29.7 Å². The minimum atomic E-state index is -1.28. The van der Waals surface area contributed by atoms with E-state index in [4.69, 9.17) is 9.52 Å². The number of aryl methyl sites for hydroxylation is 1. The third-order valence-electron chi connectivity index (χ3n) is 4.24. The Morgan fingerprint density at radius 1 is 1.16 bits per heavy atom. The van der Waals surface area contributed by atoms with E-state index in [0.717, 1.165) is 11.3 Å². The van der Waals surface area contributed by atoms with E-state index in [0.29, 0.717) is 23.9 Å². The van der Waals surface area contributed by atoms with Crippen LogP contribution in [0.5, 0.6) is 0 Å². The summed E-state index contributed by atoms with van der Waals surface area (Å²) in [6, 6.07) is 15.3. The summed E-state index contributed by atoms with van der Waals surface area (Å²) in [5, 5.41) is 9.79. The van der Waals surface area contributed by atoms with Gasteiger partial charge in [-0.2, -0.15) is 0 Å². The van der Waals surface area contributed by atoms with Gasteiger partial charge in [-0.15, -0.1) is 0 Å². The lowest BCUT2D eigenvalue weighted by Gasteiger charge is -2.21. The van der Waals surface area contributed by atoms with Crippen molar-refractivity contribution in [2.75, 3.05) is 11.9 Å². The van der Waals surface area contributed by atoms with Crippen molar-refractivity contribution in [3.8, 4) is 0 Å². The zero-order valence-corrected chi connectivity index (χ0v) is 14.2. The van der Waals surface area contributed by atoms with Gasteiger partial charge in [0.15, 0.2) is 0 Å². The number of benzene rings is 2. The van der Waals surface area contributed by atoms with Crippen LogP contribution >= 0.6 is 0 Å². The molecule has 3 aromatic rings. The van der Waals surface area contributed by atoms with Crippen LogP contribution in [-0.2, 0) is 13.0 Å². The molecule has 2 aromatic carbocycles. The van der Waals surface area contributed by atoms with Gasteiger partial charge in [0.05, 0.1) is 0 Å². The molecule has 0 aliphatic rings. The summed E-state index contributed by atoms with van der Waals surface area (Å²) < 4.78 is 5.27. The smallest absolute Gasteiger partial charge is 0.351 e. The summed E-state index contributed by atoms with van der Waals surface area (Å²) >= 11 is 0. The predicted molar refractivity (Wildman–Crippen MR) is 97.4 cm³/mol. The fraction of sp³-hybridized carbons (Fsp3) is 0.200. The molecule has 25 heavy (non-hydrogen) atoms. The van der Waals surface area contributed by atoms with Gasteiger partial charge in [0, 0.05) is 30.7 Å². The number of carbonyl (C=O) groups is 1. The van der Waals surface area contributed by atoms with Crippen molar-refractivity contribution in [2.24, 2.45) is 0 Å². The van der Waals surface area contributed by atoms with Crippen molar-refractivity contribution >= 4 is 22.6 Å². The predicted octanol–water partition coefficient (Wildman–Crippen LogP) is 3.69. The molecule has 5 heteroatoms. The maximum Gasteiger partial charge on any atom is 0.351 e. The molecule has 0 amide bonds. The van der Waals surface area contributed by atoms with Crippen LogP contribution in [0.3, 0.4) is 0 Å². The Kier molecular flexibility index (Phi) is 4.57. The molecule has 0 fully saturated rings. The number of rotatable bonds is 5. The van der Waals surface area contributed by atoms with Crippen LogP contribution in [0.2, 0.25) is 0 Å².